The van der Waals surface area contributed by atoms with Gasteiger partial charge in [0, 0.05) is 35.6 Å². The quantitative estimate of drug-likeness (QED) is 0.159. The number of non-ortho nitro benzene ring substituents is 1. The van der Waals surface area contributed by atoms with E-state index in [1.54, 1.807) is 0 Å². The largest absolute Gasteiger partial charge is 0.389 e. The Bertz CT molecular complexity index is 1130. The highest BCUT2D eigenvalue weighted by Gasteiger charge is 2.32. The van der Waals surface area contributed by atoms with Crippen LogP contribution in [0.3, 0.4) is 0 Å². The van der Waals surface area contributed by atoms with Crippen LogP contribution in [0.25, 0.3) is 0 Å². The van der Waals surface area contributed by atoms with Crippen LogP contribution in [0.5, 0.6) is 0 Å². The van der Waals surface area contributed by atoms with Crippen molar-refractivity contribution in [3.63, 3.8) is 0 Å². The number of fused-ring (bicyclic) bond motifs is 1. The molecule has 0 bridgehead atoms. The maximum absolute atomic E-state index is 13.2. The van der Waals surface area contributed by atoms with E-state index in [2.05, 4.69) is 16.0 Å². The minimum Gasteiger partial charge on any atom is -0.370 e. The van der Waals surface area contributed by atoms with Gasteiger partial charge in [0.15, 0.2) is 0 Å². The highest BCUT2D eigenvalue weighted by Crippen LogP contribution is 2.28. The average Bonchev–Trinajstić information content (AvgIpc) is 2.84. The first-order valence-electron chi connectivity index (χ1n) is 11.6. The molecule has 0 radical (unpaired) electrons. The molecule has 1 unspecified atom stereocenters. The van der Waals surface area contributed by atoms with Gasteiger partial charge < -0.3 is 27.4 Å². The van der Waals surface area contributed by atoms with Crippen molar-refractivity contribution >= 4 is 47.0 Å². The Labute approximate surface area is 224 Å². The number of amides is 5. The lowest BCUT2D eigenvalue weighted by molar-refractivity contribution is -0.384. The summed E-state index contributed by atoms with van der Waals surface area (Å²) < 4.78 is 37.7. The SMILES string of the molecule is NC(=O)CCC1NC(=O)[C@H](CCCCC(F)(F)F)NC(=O)c2cc([N+](=O)[O-])ccc2SC[C@@H](C(N)=O)NC1=O. The molecule has 13 nitrogen and oxygen atoms in total. The summed E-state index contributed by atoms with van der Waals surface area (Å²) in [5.41, 5.74) is 9.85. The molecule has 214 valence electrons. The van der Waals surface area contributed by atoms with E-state index in [4.69, 9.17) is 11.5 Å². The van der Waals surface area contributed by atoms with Crippen LogP contribution in [0, 0.1) is 10.1 Å². The van der Waals surface area contributed by atoms with Gasteiger partial charge in [-0.3, -0.25) is 34.1 Å². The Morgan fingerprint density at radius 2 is 1.67 bits per heavy atom. The third kappa shape index (κ3) is 10.1. The number of alkyl halides is 3. The van der Waals surface area contributed by atoms with Crippen molar-refractivity contribution in [2.24, 2.45) is 11.5 Å². The number of carbonyl (C=O) groups excluding carboxylic acids is 5. The molecule has 17 heteroatoms. The van der Waals surface area contributed by atoms with Crippen LogP contribution in [0.15, 0.2) is 23.1 Å². The molecule has 39 heavy (non-hydrogen) atoms. The monoisotopic (exact) mass is 576 g/mol. The standard InChI is InChI=1S/C22H27F3N6O7S/c23-22(24,25)8-2-1-3-13-20(35)29-14(5-7-17(26)32)21(36)30-15(18(27)33)10-39-16-6-4-11(31(37)38)9-12(16)19(34)28-13/h4,6,9,13-15H,1-3,5,7-8,10H2,(H2,26,32)(H2,27,33)(H,28,34)(H,29,35)(H,30,36)/t13-,14?,15-/m0/s1. The van der Waals surface area contributed by atoms with Crippen molar-refractivity contribution in [3.05, 3.63) is 33.9 Å². The number of thioether (sulfide) groups is 1. The van der Waals surface area contributed by atoms with Crippen LogP contribution in [-0.4, -0.2) is 64.5 Å². The van der Waals surface area contributed by atoms with E-state index in [1.807, 2.05) is 0 Å². The van der Waals surface area contributed by atoms with E-state index in [1.165, 1.54) is 6.07 Å². The van der Waals surface area contributed by atoms with Crippen LogP contribution in [0.2, 0.25) is 0 Å². The van der Waals surface area contributed by atoms with Gasteiger partial charge in [0.1, 0.15) is 18.1 Å². The Morgan fingerprint density at radius 1 is 1.03 bits per heavy atom. The van der Waals surface area contributed by atoms with Crippen LogP contribution in [0.1, 0.15) is 48.9 Å². The van der Waals surface area contributed by atoms with Gasteiger partial charge in [-0.15, -0.1) is 11.8 Å². The number of nitrogens with zero attached hydrogens (tertiary/aromatic N) is 1. The number of nitro benzene ring substituents is 1. The van der Waals surface area contributed by atoms with Gasteiger partial charge in [0.05, 0.1) is 10.5 Å². The molecule has 3 atom stereocenters. The van der Waals surface area contributed by atoms with Crippen molar-refractivity contribution < 1.29 is 42.1 Å². The maximum Gasteiger partial charge on any atom is 0.389 e. The topological polar surface area (TPSA) is 217 Å². The number of rotatable bonds is 9. The molecule has 1 heterocycles. The minimum atomic E-state index is -4.43. The average molecular weight is 577 g/mol. The number of halogens is 3. The third-order valence-corrected chi connectivity index (χ3v) is 6.79. The second kappa shape index (κ2) is 13.8. The normalized spacial score (nSPS) is 20.7. The molecule has 1 aliphatic heterocycles. The number of primary amides is 2. The van der Waals surface area contributed by atoms with E-state index in [0.717, 1.165) is 23.9 Å². The Kier molecular flexibility index (Phi) is 11.1. The van der Waals surface area contributed by atoms with Gasteiger partial charge in [-0.05, 0) is 25.3 Å². The Morgan fingerprint density at radius 3 is 2.26 bits per heavy atom. The van der Waals surface area contributed by atoms with Crippen LogP contribution in [-0.2, 0) is 19.2 Å². The number of benzene rings is 1. The third-order valence-electron chi connectivity index (χ3n) is 5.62. The zero-order valence-corrected chi connectivity index (χ0v) is 21.2. The van der Waals surface area contributed by atoms with Crippen molar-refractivity contribution in [3.8, 4) is 0 Å². The van der Waals surface area contributed by atoms with Crippen molar-refractivity contribution in [1.82, 2.24) is 16.0 Å². The van der Waals surface area contributed by atoms with Crippen molar-refractivity contribution in [2.45, 2.75) is 67.7 Å². The summed E-state index contributed by atoms with van der Waals surface area (Å²) in [7, 11) is 0. The number of carbonyl (C=O) groups is 5. The summed E-state index contributed by atoms with van der Waals surface area (Å²) in [4.78, 5) is 73.2. The smallest absolute Gasteiger partial charge is 0.370 e. The molecule has 2 rings (SSSR count). The molecule has 7 N–H and O–H groups in total. The van der Waals surface area contributed by atoms with Crippen LogP contribution < -0.4 is 27.4 Å². The lowest BCUT2D eigenvalue weighted by Crippen LogP contribution is -2.56. The van der Waals surface area contributed by atoms with Crippen molar-refractivity contribution in [1.29, 1.82) is 0 Å². The molecular formula is C22H27F3N6O7S. The van der Waals surface area contributed by atoms with E-state index in [0.29, 0.717) is 0 Å². The zero-order chi connectivity index (χ0) is 29.3. The molecule has 0 aliphatic carbocycles. The van der Waals surface area contributed by atoms with E-state index >= 15 is 0 Å². The summed E-state index contributed by atoms with van der Waals surface area (Å²) in [5, 5.41) is 18.4. The fourth-order valence-electron chi connectivity index (χ4n) is 3.58. The molecule has 1 aromatic carbocycles. The summed E-state index contributed by atoms with van der Waals surface area (Å²) in [6.45, 7) is 0. The second-order valence-corrected chi connectivity index (χ2v) is 9.73. The van der Waals surface area contributed by atoms with Gasteiger partial charge in [0.2, 0.25) is 23.6 Å². The van der Waals surface area contributed by atoms with Crippen LogP contribution in [0.4, 0.5) is 18.9 Å². The number of nitro groups is 1. The lowest BCUT2D eigenvalue weighted by Gasteiger charge is -2.24. The summed E-state index contributed by atoms with van der Waals surface area (Å²) >= 11 is 0.873. The summed E-state index contributed by atoms with van der Waals surface area (Å²) in [6, 6.07) is -0.860. The molecule has 0 saturated heterocycles. The molecule has 0 aromatic heterocycles. The first kappa shape index (κ1) is 31.3. The highest BCUT2D eigenvalue weighted by molar-refractivity contribution is 7.99. The molecule has 5 amide bonds. The maximum atomic E-state index is 13.2. The number of unbranched alkanes of at least 4 members (excludes halogenated alkanes) is 1. The van der Waals surface area contributed by atoms with Gasteiger partial charge in [0.25, 0.3) is 11.6 Å². The van der Waals surface area contributed by atoms with E-state index < -0.39 is 70.9 Å². The molecular weight excluding hydrogens is 549 g/mol. The Balaban J connectivity index is 2.47. The first-order valence-corrected chi connectivity index (χ1v) is 12.6. The second-order valence-electron chi connectivity index (χ2n) is 8.67. The lowest BCUT2D eigenvalue weighted by atomic mass is 10.0. The van der Waals surface area contributed by atoms with Gasteiger partial charge >= 0.3 is 6.18 Å². The fraction of sp³-hybridized carbons (Fsp3) is 0.500. The molecule has 1 aliphatic rings. The van der Waals surface area contributed by atoms with Crippen LogP contribution >= 0.6 is 11.8 Å². The number of nitrogens with two attached hydrogens (primary N) is 2. The fourth-order valence-corrected chi connectivity index (χ4v) is 4.65. The number of hydrogen-bond donors (Lipinski definition) is 5. The van der Waals surface area contributed by atoms with E-state index in [9.17, 15) is 47.3 Å². The van der Waals surface area contributed by atoms with Gasteiger partial charge in [-0.2, -0.15) is 13.2 Å². The zero-order valence-electron chi connectivity index (χ0n) is 20.4. The predicted octanol–water partition coefficient (Wildman–Crippen LogP) is 0.642. The minimum absolute atomic E-state index is 0.143. The van der Waals surface area contributed by atoms with E-state index in [-0.39, 0.29) is 48.3 Å². The summed E-state index contributed by atoms with van der Waals surface area (Å²) in [6.07, 6.45) is -6.94. The molecule has 0 spiro atoms. The van der Waals surface area contributed by atoms with Gasteiger partial charge in [-0.1, -0.05) is 6.42 Å². The first-order chi connectivity index (χ1) is 18.2. The number of hydrogen-bond acceptors (Lipinski definition) is 8. The molecule has 1 aromatic rings. The highest BCUT2D eigenvalue weighted by atomic mass is 32.2. The molecule has 0 saturated carbocycles. The Hall–Kier alpha value is -3.89. The van der Waals surface area contributed by atoms with Crippen molar-refractivity contribution in [2.75, 3.05) is 5.75 Å². The predicted molar refractivity (Wildman–Crippen MR) is 131 cm³/mol. The summed E-state index contributed by atoms with van der Waals surface area (Å²) in [5.74, 6) is -4.75. The number of nitrogens with one attached hydrogen (secondary N) is 3. The molecule has 0 fully saturated rings. The van der Waals surface area contributed by atoms with Gasteiger partial charge in [-0.25, -0.2) is 0 Å².